The van der Waals surface area contributed by atoms with Crippen molar-refractivity contribution in [2.45, 2.75) is 32.6 Å². The Balaban J connectivity index is 2.03. The summed E-state index contributed by atoms with van der Waals surface area (Å²) in [5.74, 6) is 1.88. The van der Waals surface area contributed by atoms with Crippen molar-refractivity contribution >= 4 is 11.6 Å². The Bertz CT molecular complexity index is 510. The highest BCUT2D eigenvalue weighted by molar-refractivity contribution is 5.94. The molecule has 0 aliphatic heterocycles. The molecule has 0 heterocycles. The van der Waals surface area contributed by atoms with Crippen molar-refractivity contribution in [1.82, 2.24) is 0 Å². The maximum absolute atomic E-state index is 5.99. The van der Waals surface area contributed by atoms with Gasteiger partial charge in [-0.3, -0.25) is 4.99 Å². The number of hydrogen-bond donors (Lipinski definition) is 2. The molecule has 0 spiro atoms. The Morgan fingerprint density at radius 2 is 2.10 bits per heavy atom. The van der Waals surface area contributed by atoms with Crippen LogP contribution in [0.25, 0.3) is 0 Å². The van der Waals surface area contributed by atoms with Crippen molar-refractivity contribution in [3.05, 3.63) is 18.2 Å². The predicted octanol–water partition coefficient (Wildman–Crippen LogP) is 3.01. The van der Waals surface area contributed by atoms with Crippen LogP contribution in [-0.2, 0) is 0 Å². The van der Waals surface area contributed by atoms with Crippen molar-refractivity contribution in [1.29, 1.82) is 0 Å². The van der Waals surface area contributed by atoms with E-state index >= 15 is 0 Å². The van der Waals surface area contributed by atoms with Crippen molar-refractivity contribution in [3.8, 4) is 11.5 Å². The molecule has 21 heavy (non-hydrogen) atoms. The Kier molecular flexibility index (Phi) is 4.94. The smallest absolute Gasteiger partial charge is 0.193 e. The summed E-state index contributed by atoms with van der Waals surface area (Å²) in [4.78, 5) is 4.49. The Labute approximate surface area is 126 Å². The summed E-state index contributed by atoms with van der Waals surface area (Å²) in [6.07, 6.45) is 4.96. The number of anilines is 1. The van der Waals surface area contributed by atoms with Gasteiger partial charge in [0, 0.05) is 12.6 Å². The molecule has 2 rings (SSSR count). The molecule has 1 fully saturated rings. The summed E-state index contributed by atoms with van der Waals surface area (Å²) in [5.41, 5.74) is 7.16. The van der Waals surface area contributed by atoms with Gasteiger partial charge in [0.25, 0.3) is 0 Å². The topological polar surface area (TPSA) is 68.9 Å². The van der Waals surface area contributed by atoms with E-state index in [2.05, 4.69) is 17.2 Å². The first-order valence-electron chi connectivity index (χ1n) is 7.41. The van der Waals surface area contributed by atoms with Gasteiger partial charge >= 0.3 is 0 Å². The van der Waals surface area contributed by atoms with Crippen LogP contribution in [0.3, 0.4) is 0 Å². The number of rotatable bonds is 7. The van der Waals surface area contributed by atoms with Gasteiger partial charge in [-0.25, -0.2) is 0 Å². The van der Waals surface area contributed by atoms with Gasteiger partial charge in [-0.15, -0.1) is 0 Å². The number of hydrogen-bond acceptors (Lipinski definition) is 3. The highest BCUT2D eigenvalue weighted by atomic mass is 16.5. The van der Waals surface area contributed by atoms with E-state index in [1.54, 1.807) is 14.2 Å². The van der Waals surface area contributed by atoms with Crippen molar-refractivity contribution in [2.75, 3.05) is 26.1 Å². The number of nitrogens with zero attached hydrogens (tertiary/aromatic N) is 1. The second-order valence-corrected chi connectivity index (χ2v) is 5.64. The molecule has 0 amide bonds. The van der Waals surface area contributed by atoms with Crippen molar-refractivity contribution < 1.29 is 9.47 Å². The van der Waals surface area contributed by atoms with E-state index in [4.69, 9.17) is 15.2 Å². The molecule has 1 aliphatic carbocycles. The standard InChI is InChI=1S/C16H25N3O2/c1-4-7-16(8-9-16)11-18-15(17)19-13-10-12(20-2)5-6-14(13)21-3/h5-6,10H,4,7-9,11H2,1-3H3,(H3,17,18,19). The Morgan fingerprint density at radius 1 is 1.33 bits per heavy atom. The van der Waals surface area contributed by atoms with Gasteiger partial charge in [0.15, 0.2) is 5.96 Å². The first-order valence-corrected chi connectivity index (χ1v) is 7.41. The zero-order valence-corrected chi connectivity index (χ0v) is 13.1. The second kappa shape index (κ2) is 6.70. The lowest BCUT2D eigenvalue weighted by Crippen LogP contribution is -2.24. The molecular formula is C16H25N3O2. The molecule has 1 aliphatic rings. The lowest BCUT2D eigenvalue weighted by molar-refractivity contribution is 0.405. The average molecular weight is 291 g/mol. The zero-order valence-electron chi connectivity index (χ0n) is 13.1. The molecule has 0 bridgehead atoms. The van der Waals surface area contributed by atoms with E-state index in [0.29, 0.717) is 17.1 Å². The zero-order chi connectivity index (χ0) is 15.3. The monoisotopic (exact) mass is 291 g/mol. The Hall–Kier alpha value is -1.91. The molecule has 0 radical (unpaired) electrons. The fourth-order valence-electron chi connectivity index (χ4n) is 2.54. The molecule has 5 nitrogen and oxygen atoms in total. The fourth-order valence-corrected chi connectivity index (χ4v) is 2.54. The van der Waals surface area contributed by atoms with Crippen LogP contribution < -0.4 is 20.5 Å². The van der Waals surface area contributed by atoms with Crippen LogP contribution in [0.15, 0.2) is 23.2 Å². The molecule has 1 saturated carbocycles. The van der Waals surface area contributed by atoms with E-state index in [0.717, 1.165) is 18.0 Å². The minimum atomic E-state index is 0.402. The molecular weight excluding hydrogens is 266 g/mol. The molecule has 0 atom stereocenters. The van der Waals surface area contributed by atoms with Crippen LogP contribution in [0.4, 0.5) is 5.69 Å². The summed E-state index contributed by atoms with van der Waals surface area (Å²) < 4.78 is 10.5. The molecule has 3 N–H and O–H groups in total. The maximum atomic E-state index is 5.99. The number of ether oxygens (including phenoxy) is 2. The average Bonchev–Trinajstić information content (AvgIpc) is 3.25. The third-order valence-corrected chi connectivity index (χ3v) is 3.99. The van der Waals surface area contributed by atoms with Crippen LogP contribution in [0, 0.1) is 5.41 Å². The van der Waals surface area contributed by atoms with Gasteiger partial charge in [-0.1, -0.05) is 13.3 Å². The van der Waals surface area contributed by atoms with E-state index in [1.807, 2.05) is 18.2 Å². The SMILES string of the molecule is CCCC1(CN=C(N)Nc2cc(OC)ccc2OC)CC1. The number of aliphatic imine (C=N–C) groups is 1. The van der Waals surface area contributed by atoms with Crippen LogP contribution in [0.5, 0.6) is 11.5 Å². The summed E-state index contributed by atoms with van der Waals surface area (Å²) in [6.45, 7) is 3.01. The lowest BCUT2D eigenvalue weighted by atomic mass is 10.0. The van der Waals surface area contributed by atoms with Gasteiger partial charge in [-0.2, -0.15) is 0 Å². The van der Waals surface area contributed by atoms with Gasteiger partial charge < -0.3 is 20.5 Å². The molecule has 0 saturated heterocycles. The minimum absolute atomic E-state index is 0.402. The van der Waals surface area contributed by atoms with E-state index in [9.17, 15) is 0 Å². The third-order valence-electron chi connectivity index (χ3n) is 3.99. The summed E-state index contributed by atoms with van der Waals surface area (Å²) in [5, 5.41) is 3.10. The van der Waals surface area contributed by atoms with E-state index in [1.165, 1.54) is 25.7 Å². The second-order valence-electron chi connectivity index (χ2n) is 5.64. The largest absolute Gasteiger partial charge is 0.497 e. The molecule has 0 aromatic heterocycles. The fraction of sp³-hybridized carbons (Fsp3) is 0.562. The van der Waals surface area contributed by atoms with Crippen LogP contribution in [-0.4, -0.2) is 26.7 Å². The summed E-state index contributed by atoms with van der Waals surface area (Å²) in [7, 11) is 3.26. The number of benzene rings is 1. The number of nitrogens with one attached hydrogen (secondary N) is 1. The van der Waals surface area contributed by atoms with Gasteiger partial charge in [0.05, 0.1) is 19.9 Å². The van der Waals surface area contributed by atoms with E-state index in [-0.39, 0.29) is 0 Å². The Morgan fingerprint density at radius 3 is 2.67 bits per heavy atom. The molecule has 116 valence electrons. The van der Waals surface area contributed by atoms with Gasteiger partial charge in [0.1, 0.15) is 11.5 Å². The first kappa shape index (κ1) is 15.5. The number of nitrogens with two attached hydrogens (primary N) is 1. The highest BCUT2D eigenvalue weighted by Crippen LogP contribution is 2.49. The third kappa shape index (κ3) is 4.03. The van der Waals surface area contributed by atoms with Crippen LogP contribution in [0.1, 0.15) is 32.6 Å². The minimum Gasteiger partial charge on any atom is -0.497 e. The normalized spacial score (nSPS) is 16.4. The molecule has 1 aromatic rings. The number of guanidine groups is 1. The summed E-state index contributed by atoms with van der Waals surface area (Å²) in [6, 6.07) is 5.53. The van der Waals surface area contributed by atoms with Crippen LogP contribution in [0.2, 0.25) is 0 Å². The van der Waals surface area contributed by atoms with Gasteiger partial charge in [0.2, 0.25) is 0 Å². The van der Waals surface area contributed by atoms with Gasteiger partial charge in [-0.05, 0) is 36.8 Å². The summed E-state index contributed by atoms with van der Waals surface area (Å²) >= 11 is 0. The van der Waals surface area contributed by atoms with Crippen LogP contribution >= 0.6 is 0 Å². The maximum Gasteiger partial charge on any atom is 0.193 e. The predicted molar refractivity (Wildman–Crippen MR) is 86.2 cm³/mol. The molecule has 5 heteroatoms. The molecule has 0 unspecified atom stereocenters. The quantitative estimate of drug-likeness (QED) is 0.598. The van der Waals surface area contributed by atoms with Crippen molar-refractivity contribution in [2.24, 2.45) is 16.1 Å². The first-order chi connectivity index (χ1) is 10.1. The van der Waals surface area contributed by atoms with E-state index < -0.39 is 0 Å². The lowest BCUT2D eigenvalue weighted by Gasteiger charge is -2.14. The number of methoxy groups -OCH3 is 2. The van der Waals surface area contributed by atoms with Crippen molar-refractivity contribution in [3.63, 3.8) is 0 Å². The highest BCUT2D eigenvalue weighted by Gasteiger charge is 2.41. The molecule has 1 aromatic carbocycles.